The van der Waals surface area contributed by atoms with Gasteiger partial charge in [0.1, 0.15) is 11.6 Å². The number of ether oxygens (including phenoxy) is 1. The Morgan fingerprint density at radius 1 is 1.24 bits per heavy atom. The molecule has 1 aromatic rings. The van der Waals surface area contributed by atoms with Crippen molar-refractivity contribution in [3.05, 3.63) is 16.8 Å². The van der Waals surface area contributed by atoms with E-state index in [9.17, 15) is 10.4 Å². The smallest absolute Gasteiger partial charge is 0.169 e. The lowest BCUT2D eigenvalue weighted by molar-refractivity contribution is -0.199. The lowest BCUT2D eigenvalue weighted by atomic mass is 9.58. The molecular weight excluding hydrogens is 316 g/mol. The summed E-state index contributed by atoms with van der Waals surface area (Å²) in [7, 11) is 0. The van der Waals surface area contributed by atoms with Gasteiger partial charge in [0.15, 0.2) is 5.82 Å². The minimum atomic E-state index is -0.276. The van der Waals surface area contributed by atoms with E-state index >= 15 is 0 Å². The molecule has 1 aromatic heterocycles. The first kappa shape index (κ1) is 18.1. The molecule has 0 bridgehead atoms. The summed E-state index contributed by atoms with van der Waals surface area (Å²) in [6.07, 6.45) is 3.92. The van der Waals surface area contributed by atoms with E-state index in [1.54, 1.807) is 0 Å². The number of hydrogen-bond donors (Lipinski definition) is 1. The van der Waals surface area contributed by atoms with Gasteiger partial charge in [-0.05, 0) is 38.2 Å². The van der Waals surface area contributed by atoms with E-state index in [0.717, 1.165) is 56.5 Å². The van der Waals surface area contributed by atoms with Crippen LogP contribution in [0, 0.1) is 16.7 Å². The van der Waals surface area contributed by atoms with Gasteiger partial charge in [-0.15, -0.1) is 5.10 Å². The van der Waals surface area contributed by atoms with Crippen molar-refractivity contribution in [3.63, 3.8) is 0 Å². The highest BCUT2D eigenvalue weighted by molar-refractivity contribution is 5.58. The van der Waals surface area contributed by atoms with Crippen molar-refractivity contribution < 1.29 is 9.84 Å². The Kier molecular flexibility index (Phi) is 5.26. The third kappa shape index (κ3) is 2.90. The standard InChI is InChI=1S/C19H28N4O2/c1-4-13-14(12-20)18(22-21-15(13)5-2)23-9-7-19(8-10-23)16(24)11-17(19)25-6-3/h16-17,24H,4-11H2,1-3H3/t16-,17+/m0/s1. The van der Waals surface area contributed by atoms with E-state index < -0.39 is 0 Å². The number of anilines is 1. The molecule has 1 spiro atoms. The van der Waals surface area contributed by atoms with Crippen LogP contribution in [0.1, 0.15) is 56.9 Å². The highest BCUT2D eigenvalue weighted by atomic mass is 16.5. The van der Waals surface area contributed by atoms with Crippen LogP contribution in [-0.2, 0) is 17.6 Å². The topological polar surface area (TPSA) is 82.3 Å². The maximum Gasteiger partial charge on any atom is 0.169 e. The number of aromatic nitrogens is 2. The number of nitrogens with zero attached hydrogens (tertiary/aromatic N) is 4. The number of nitriles is 1. The predicted molar refractivity (Wildman–Crippen MR) is 95.4 cm³/mol. The number of rotatable bonds is 5. The molecule has 1 aliphatic heterocycles. The Bertz CT molecular complexity index is 660. The zero-order valence-electron chi connectivity index (χ0n) is 15.5. The molecule has 136 valence electrons. The molecule has 0 radical (unpaired) electrons. The summed E-state index contributed by atoms with van der Waals surface area (Å²) in [5.41, 5.74) is 2.48. The van der Waals surface area contributed by atoms with Crippen LogP contribution < -0.4 is 4.90 Å². The van der Waals surface area contributed by atoms with Gasteiger partial charge in [0.25, 0.3) is 0 Å². The maximum atomic E-state index is 10.3. The second-order valence-corrected chi connectivity index (χ2v) is 7.06. The highest BCUT2D eigenvalue weighted by Gasteiger charge is 2.56. The number of aryl methyl sites for hydroxylation is 1. The maximum absolute atomic E-state index is 10.3. The van der Waals surface area contributed by atoms with E-state index in [0.29, 0.717) is 18.0 Å². The van der Waals surface area contributed by atoms with Crippen molar-refractivity contribution in [3.8, 4) is 6.07 Å². The van der Waals surface area contributed by atoms with Crippen LogP contribution in [-0.4, -0.2) is 47.2 Å². The van der Waals surface area contributed by atoms with Crippen molar-refractivity contribution in [2.45, 2.75) is 65.1 Å². The van der Waals surface area contributed by atoms with Gasteiger partial charge in [-0.2, -0.15) is 10.4 Å². The average molecular weight is 344 g/mol. The molecule has 2 heterocycles. The first-order chi connectivity index (χ1) is 12.1. The van der Waals surface area contributed by atoms with Gasteiger partial charge in [-0.25, -0.2) is 0 Å². The molecule has 6 nitrogen and oxygen atoms in total. The molecule has 1 N–H and O–H groups in total. The predicted octanol–water partition coefficient (Wildman–Crippen LogP) is 2.23. The van der Waals surface area contributed by atoms with E-state index in [1.165, 1.54) is 0 Å². The van der Waals surface area contributed by atoms with Crippen molar-refractivity contribution in [2.24, 2.45) is 5.41 Å². The largest absolute Gasteiger partial charge is 0.392 e. The molecule has 0 amide bonds. The number of aliphatic hydroxyl groups excluding tert-OH is 1. The minimum Gasteiger partial charge on any atom is -0.392 e. The Morgan fingerprint density at radius 2 is 1.96 bits per heavy atom. The van der Waals surface area contributed by atoms with Gasteiger partial charge in [-0.1, -0.05) is 13.8 Å². The molecule has 0 aromatic carbocycles. The number of piperidine rings is 1. The van der Waals surface area contributed by atoms with Gasteiger partial charge in [0.2, 0.25) is 0 Å². The zero-order chi connectivity index (χ0) is 18.0. The van der Waals surface area contributed by atoms with Gasteiger partial charge in [0, 0.05) is 31.5 Å². The van der Waals surface area contributed by atoms with E-state index in [1.807, 2.05) is 13.8 Å². The molecule has 6 heteroatoms. The van der Waals surface area contributed by atoms with Crippen LogP contribution >= 0.6 is 0 Å². The minimum absolute atomic E-state index is 0.121. The van der Waals surface area contributed by atoms with Crippen molar-refractivity contribution in [1.29, 1.82) is 5.26 Å². The molecule has 1 saturated heterocycles. The van der Waals surface area contributed by atoms with Gasteiger partial charge in [0.05, 0.1) is 17.9 Å². The third-order valence-corrected chi connectivity index (χ3v) is 6.04. The Balaban J connectivity index is 1.81. The summed E-state index contributed by atoms with van der Waals surface area (Å²) in [5, 5.41) is 28.8. The van der Waals surface area contributed by atoms with Crippen LogP contribution in [0.15, 0.2) is 0 Å². The van der Waals surface area contributed by atoms with Crippen LogP contribution in [0.4, 0.5) is 5.82 Å². The quantitative estimate of drug-likeness (QED) is 0.882. The lowest BCUT2D eigenvalue weighted by Crippen LogP contribution is -2.62. The summed E-state index contributed by atoms with van der Waals surface area (Å²) in [6, 6.07) is 2.36. The van der Waals surface area contributed by atoms with E-state index in [4.69, 9.17) is 4.74 Å². The zero-order valence-corrected chi connectivity index (χ0v) is 15.5. The molecule has 2 fully saturated rings. The fourth-order valence-corrected chi connectivity index (χ4v) is 4.45. The van der Waals surface area contributed by atoms with Gasteiger partial charge < -0.3 is 14.7 Å². The molecule has 1 aliphatic carbocycles. The second-order valence-electron chi connectivity index (χ2n) is 7.06. The first-order valence-electron chi connectivity index (χ1n) is 9.44. The van der Waals surface area contributed by atoms with E-state index in [2.05, 4.69) is 28.1 Å². The monoisotopic (exact) mass is 344 g/mol. The summed E-state index contributed by atoms with van der Waals surface area (Å²) in [4.78, 5) is 2.16. The third-order valence-electron chi connectivity index (χ3n) is 6.04. The Hall–Kier alpha value is -1.71. The van der Waals surface area contributed by atoms with E-state index in [-0.39, 0.29) is 17.6 Å². The first-order valence-corrected chi connectivity index (χ1v) is 9.44. The highest BCUT2D eigenvalue weighted by Crippen LogP contribution is 2.51. The summed E-state index contributed by atoms with van der Waals surface area (Å²) >= 11 is 0. The van der Waals surface area contributed by atoms with Crippen LogP contribution in [0.25, 0.3) is 0 Å². The molecule has 1 saturated carbocycles. The lowest BCUT2D eigenvalue weighted by Gasteiger charge is -2.56. The molecular formula is C19H28N4O2. The second kappa shape index (κ2) is 7.27. The molecule has 3 rings (SSSR count). The van der Waals surface area contributed by atoms with Crippen LogP contribution in [0.5, 0.6) is 0 Å². The summed E-state index contributed by atoms with van der Waals surface area (Å²) in [5.74, 6) is 0.702. The molecule has 0 unspecified atom stereocenters. The Labute approximate surface area is 149 Å². The summed E-state index contributed by atoms with van der Waals surface area (Å²) < 4.78 is 5.84. The SMILES string of the molecule is CCO[C@@H]1C[C@H](O)C12CCN(c1nnc(CC)c(CC)c1C#N)CC2. The average Bonchev–Trinajstić information content (AvgIpc) is 2.66. The fraction of sp³-hybridized carbons (Fsp3) is 0.737. The molecule has 25 heavy (non-hydrogen) atoms. The Morgan fingerprint density at radius 3 is 2.48 bits per heavy atom. The van der Waals surface area contributed by atoms with Crippen molar-refractivity contribution in [1.82, 2.24) is 10.2 Å². The molecule has 2 atom stereocenters. The van der Waals surface area contributed by atoms with Crippen molar-refractivity contribution >= 4 is 5.82 Å². The van der Waals surface area contributed by atoms with Gasteiger partial charge >= 0.3 is 0 Å². The fourth-order valence-electron chi connectivity index (χ4n) is 4.45. The summed E-state index contributed by atoms with van der Waals surface area (Å²) in [6.45, 7) is 8.34. The van der Waals surface area contributed by atoms with Crippen molar-refractivity contribution in [2.75, 3.05) is 24.6 Å². The number of aliphatic hydroxyl groups is 1. The molecule has 2 aliphatic rings. The van der Waals surface area contributed by atoms with Crippen LogP contribution in [0.3, 0.4) is 0 Å². The number of hydrogen-bond acceptors (Lipinski definition) is 6. The van der Waals surface area contributed by atoms with Crippen LogP contribution in [0.2, 0.25) is 0 Å². The normalized spacial score (nSPS) is 24.8. The van der Waals surface area contributed by atoms with Gasteiger partial charge in [-0.3, -0.25) is 0 Å².